The topological polar surface area (TPSA) is 26.1 Å². The molecule has 0 fully saturated rings. The van der Waals surface area contributed by atoms with Crippen molar-refractivity contribution in [3.63, 3.8) is 0 Å². The van der Waals surface area contributed by atoms with Crippen LogP contribution in [0.1, 0.15) is 31.9 Å². The van der Waals surface area contributed by atoms with Gasteiger partial charge in [-0.05, 0) is 18.6 Å². The molecule has 0 spiro atoms. The van der Waals surface area contributed by atoms with Crippen LogP contribution in [0.25, 0.3) is 0 Å². The van der Waals surface area contributed by atoms with Crippen LogP contribution in [0, 0.1) is 12.1 Å². The Hall–Kier alpha value is -1.31. The Morgan fingerprint density at radius 1 is 1.21 bits per heavy atom. The number of hydrogen-bond acceptors (Lipinski definition) is 1. The van der Waals surface area contributed by atoms with Gasteiger partial charge >= 0.3 is 0 Å². The van der Waals surface area contributed by atoms with Gasteiger partial charge in [0.1, 0.15) is 0 Å². The molecule has 0 bridgehead atoms. The summed E-state index contributed by atoms with van der Waals surface area (Å²) >= 11 is 0. The van der Waals surface area contributed by atoms with Crippen molar-refractivity contribution in [3.8, 4) is 0 Å². The third-order valence-corrected chi connectivity index (χ3v) is 2.11. The molecule has 1 aromatic carbocycles. The van der Waals surface area contributed by atoms with Gasteiger partial charge in [-0.15, -0.1) is 0 Å². The third kappa shape index (κ3) is 2.59. The monoisotopic (exact) mass is 191 g/mol. The van der Waals surface area contributed by atoms with Crippen LogP contribution >= 0.6 is 0 Å². The Morgan fingerprint density at radius 3 is 2.29 bits per heavy atom. The maximum atomic E-state index is 11.6. The highest BCUT2D eigenvalue weighted by molar-refractivity contribution is 5.77. The summed E-state index contributed by atoms with van der Waals surface area (Å²) < 4.78 is 0.995. The van der Waals surface area contributed by atoms with Gasteiger partial charge in [0.05, 0.1) is 0 Å². The molecule has 0 saturated heterocycles. The summed E-state index contributed by atoms with van der Waals surface area (Å²) in [5, 5.41) is 11.6. The van der Waals surface area contributed by atoms with E-state index in [-0.39, 0.29) is 5.54 Å². The van der Waals surface area contributed by atoms with E-state index >= 15 is 0 Å². The summed E-state index contributed by atoms with van der Waals surface area (Å²) in [6.45, 7) is 7.70. The molecule has 0 aliphatic rings. The van der Waals surface area contributed by atoms with Crippen LogP contribution in [0.15, 0.2) is 24.3 Å². The largest absolute Gasteiger partial charge is 0.623 e. The third-order valence-electron chi connectivity index (χ3n) is 2.11. The van der Waals surface area contributed by atoms with Gasteiger partial charge in [-0.1, -0.05) is 18.2 Å². The molecule has 0 aromatic heterocycles. The van der Waals surface area contributed by atoms with Gasteiger partial charge in [0.15, 0.2) is 11.8 Å². The quantitative estimate of drug-likeness (QED) is 0.290. The maximum Gasteiger partial charge on any atom is 0.182 e. The molecule has 0 aliphatic carbocycles. The summed E-state index contributed by atoms with van der Waals surface area (Å²) in [4.78, 5) is 0. The van der Waals surface area contributed by atoms with Crippen LogP contribution in [0.3, 0.4) is 0 Å². The Labute approximate surface area is 85.5 Å². The van der Waals surface area contributed by atoms with Gasteiger partial charge in [-0.25, -0.2) is 4.74 Å². The minimum absolute atomic E-state index is 0.373. The minimum atomic E-state index is -0.373. The van der Waals surface area contributed by atoms with Crippen molar-refractivity contribution in [3.05, 3.63) is 40.6 Å². The Morgan fingerprint density at radius 2 is 1.79 bits per heavy atom. The molecule has 0 heterocycles. The molecule has 1 aromatic rings. The van der Waals surface area contributed by atoms with Crippen molar-refractivity contribution in [1.29, 1.82) is 0 Å². The number of benzene rings is 1. The predicted molar refractivity (Wildman–Crippen MR) is 59.7 cm³/mol. The van der Waals surface area contributed by atoms with Crippen molar-refractivity contribution < 1.29 is 4.74 Å². The zero-order chi connectivity index (χ0) is 10.8. The summed E-state index contributed by atoms with van der Waals surface area (Å²) in [6, 6.07) is 7.86. The molecule has 0 atom stereocenters. The lowest BCUT2D eigenvalue weighted by molar-refractivity contribution is -0.530. The molecule has 0 saturated carbocycles. The summed E-state index contributed by atoms with van der Waals surface area (Å²) in [7, 11) is 0. The predicted octanol–water partition coefficient (Wildman–Crippen LogP) is 2.72. The molecular formula is C12H17NO. The molecule has 14 heavy (non-hydrogen) atoms. The Kier molecular flexibility index (Phi) is 2.94. The van der Waals surface area contributed by atoms with Crippen LogP contribution in [0.2, 0.25) is 0 Å². The zero-order valence-electron chi connectivity index (χ0n) is 9.24. The van der Waals surface area contributed by atoms with Crippen LogP contribution < -0.4 is 0 Å². The van der Waals surface area contributed by atoms with Gasteiger partial charge in [-0.3, -0.25) is 0 Å². The molecule has 2 nitrogen and oxygen atoms in total. The summed E-state index contributed by atoms with van der Waals surface area (Å²) in [6.07, 6.45) is 1.65. The van der Waals surface area contributed by atoms with Crippen molar-refractivity contribution >= 4 is 6.21 Å². The molecule has 2 heteroatoms. The molecule has 0 amide bonds. The fourth-order valence-corrected chi connectivity index (χ4v) is 1.05. The first-order chi connectivity index (χ1) is 6.41. The van der Waals surface area contributed by atoms with Crippen LogP contribution in [0.4, 0.5) is 0 Å². The fraction of sp³-hybridized carbons (Fsp3) is 0.417. The Balaban J connectivity index is 3.04. The van der Waals surface area contributed by atoms with Crippen molar-refractivity contribution in [1.82, 2.24) is 0 Å². The molecular weight excluding hydrogens is 174 g/mol. The van der Waals surface area contributed by atoms with E-state index in [2.05, 4.69) is 0 Å². The van der Waals surface area contributed by atoms with Gasteiger partial charge in [-0.2, -0.15) is 0 Å². The lowest BCUT2D eigenvalue weighted by Gasteiger charge is -2.18. The smallest absolute Gasteiger partial charge is 0.182 e. The van der Waals surface area contributed by atoms with E-state index in [0.717, 1.165) is 15.9 Å². The first-order valence-corrected chi connectivity index (χ1v) is 4.78. The van der Waals surface area contributed by atoms with E-state index in [0.29, 0.717) is 0 Å². The first kappa shape index (κ1) is 10.8. The minimum Gasteiger partial charge on any atom is -0.623 e. The van der Waals surface area contributed by atoms with E-state index in [1.807, 2.05) is 52.0 Å². The standard InChI is InChI=1S/C12H17NO/c1-10-7-5-6-8-11(10)9-13(14)12(2,3)4/h5-9H,1-4H3/b13-9-. The van der Waals surface area contributed by atoms with Gasteiger partial charge in [0, 0.05) is 26.3 Å². The molecule has 0 radical (unpaired) electrons. The van der Waals surface area contributed by atoms with Crippen molar-refractivity contribution in [2.75, 3.05) is 0 Å². The highest BCUT2D eigenvalue weighted by Gasteiger charge is 2.18. The van der Waals surface area contributed by atoms with Gasteiger partial charge < -0.3 is 5.21 Å². The zero-order valence-corrected chi connectivity index (χ0v) is 9.24. The van der Waals surface area contributed by atoms with Crippen molar-refractivity contribution in [2.45, 2.75) is 33.2 Å². The van der Waals surface area contributed by atoms with E-state index in [4.69, 9.17) is 0 Å². The normalized spacial score (nSPS) is 13.0. The molecule has 0 aliphatic heterocycles. The van der Waals surface area contributed by atoms with Crippen LogP contribution in [0.5, 0.6) is 0 Å². The van der Waals surface area contributed by atoms with Crippen LogP contribution in [-0.2, 0) is 0 Å². The van der Waals surface area contributed by atoms with Crippen molar-refractivity contribution in [2.24, 2.45) is 0 Å². The van der Waals surface area contributed by atoms with E-state index in [1.54, 1.807) is 6.21 Å². The lowest BCUT2D eigenvalue weighted by Crippen LogP contribution is -2.29. The second kappa shape index (κ2) is 3.82. The molecule has 1 rings (SSSR count). The highest BCUT2D eigenvalue weighted by Crippen LogP contribution is 2.08. The summed E-state index contributed by atoms with van der Waals surface area (Å²) in [5.74, 6) is 0. The van der Waals surface area contributed by atoms with E-state index in [1.165, 1.54) is 0 Å². The maximum absolute atomic E-state index is 11.6. The van der Waals surface area contributed by atoms with E-state index in [9.17, 15) is 5.21 Å². The van der Waals surface area contributed by atoms with Gasteiger partial charge in [0.2, 0.25) is 0 Å². The molecule has 76 valence electrons. The highest BCUT2D eigenvalue weighted by atomic mass is 16.5. The number of hydroxylamine groups is 1. The fourth-order valence-electron chi connectivity index (χ4n) is 1.05. The SMILES string of the molecule is Cc1ccccc1/C=[N+](\[O-])C(C)(C)C. The molecule has 0 N–H and O–H groups in total. The van der Waals surface area contributed by atoms with Crippen LogP contribution in [-0.4, -0.2) is 16.5 Å². The second-order valence-electron chi connectivity index (χ2n) is 4.48. The Bertz CT molecular complexity index is 348. The summed E-state index contributed by atoms with van der Waals surface area (Å²) in [5.41, 5.74) is 1.73. The number of nitrogens with zero attached hydrogens (tertiary/aromatic N) is 1. The average molecular weight is 191 g/mol. The number of hydrogen-bond donors (Lipinski definition) is 0. The first-order valence-electron chi connectivity index (χ1n) is 4.78. The average Bonchev–Trinajstić information content (AvgIpc) is 2.07. The van der Waals surface area contributed by atoms with Gasteiger partial charge in [0.25, 0.3) is 0 Å². The second-order valence-corrected chi connectivity index (χ2v) is 4.48. The number of aryl methyl sites for hydroxylation is 1. The van der Waals surface area contributed by atoms with E-state index < -0.39 is 0 Å². The molecule has 0 unspecified atom stereocenters. The number of rotatable bonds is 1. The lowest BCUT2D eigenvalue weighted by atomic mass is 10.1.